The van der Waals surface area contributed by atoms with E-state index in [1.807, 2.05) is 0 Å². The van der Waals surface area contributed by atoms with Gasteiger partial charge in [0.25, 0.3) is 0 Å². The van der Waals surface area contributed by atoms with Gasteiger partial charge in [-0.05, 0) is 61.2 Å². The molecule has 4 bridgehead atoms. The molecule has 0 atom stereocenters. The van der Waals surface area contributed by atoms with Gasteiger partial charge < -0.3 is 0 Å². The highest BCUT2D eigenvalue weighted by atomic mass is 14.6. The molecule has 0 aliphatic heterocycles. The first-order chi connectivity index (χ1) is 6.22. The molecule has 0 aromatic rings. The predicted octanol–water partition coefficient (Wildman–Crippen LogP) is 3.63. The summed E-state index contributed by atoms with van der Waals surface area (Å²) < 4.78 is 0. The van der Waals surface area contributed by atoms with E-state index in [4.69, 9.17) is 0 Å². The molecule has 0 aromatic heterocycles. The molecule has 13 heavy (non-hydrogen) atoms. The van der Waals surface area contributed by atoms with E-state index < -0.39 is 0 Å². The Bertz CT molecular complexity index is 210. The van der Waals surface area contributed by atoms with Crippen LogP contribution in [0.1, 0.15) is 39.0 Å². The summed E-state index contributed by atoms with van der Waals surface area (Å²) in [6.45, 7) is 6.54. The Labute approximate surface area is 81.4 Å². The molecule has 0 unspecified atom stereocenters. The topological polar surface area (TPSA) is 0 Å². The van der Waals surface area contributed by atoms with Crippen LogP contribution in [0.5, 0.6) is 0 Å². The molecule has 0 nitrogen and oxygen atoms in total. The van der Waals surface area contributed by atoms with Gasteiger partial charge in [0.1, 0.15) is 0 Å². The van der Waals surface area contributed by atoms with Crippen LogP contribution in [0.2, 0.25) is 0 Å². The standard InChI is InChI=1S/C13H20/c1-3-13(2)11-5-9-4-10(7-11)8-12(13)6-9/h3,9-12H,1,4-8H2,2H3. The Balaban J connectivity index is 1.97. The van der Waals surface area contributed by atoms with Crippen molar-refractivity contribution in [2.45, 2.75) is 39.0 Å². The van der Waals surface area contributed by atoms with Gasteiger partial charge in [-0.3, -0.25) is 0 Å². The van der Waals surface area contributed by atoms with Gasteiger partial charge in [0, 0.05) is 0 Å². The molecule has 4 fully saturated rings. The normalized spacial score (nSPS) is 58.2. The minimum Gasteiger partial charge on any atom is -0.103 e. The first-order valence-electron chi connectivity index (χ1n) is 5.86. The molecule has 0 saturated heterocycles. The van der Waals surface area contributed by atoms with Crippen LogP contribution < -0.4 is 0 Å². The van der Waals surface area contributed by atoms with Gasteiger partial charge >= 0.3 is 0 Å². The molecule has 0 radical (unpaired) electrons. The van der Waals surface area contributed by atoms with Gasteiger partial charge in [-0.1, -0.05) is 13.0 Å². The largest absolute Gasteiger partial charge is 0.103 e. The van der Waals surface area contributed by atoms with Crippen LogP contribution in [-0.4, -0.2) is 0 Å². The molecule has 4 aliphatic carbocycles. The van der Waals surface area contributed by atoms with Crippen molar-refractivity contribution in [2.24, 2.45) is 29.1 Å². The second-order valence-electron chi connectivity index (χ2n) is 5.87. The van der Waals surface area contributed by atoms with Crippen molar-refractivity contribution in [2.75, 3.05) is 0 Å². The quantitative estimate of drug-likeness (QED) is 0.535. The van der Waals surface area contributed by atoms with Crippen LogP contribution in [0.25, 0.3) is 0 Å². The minimum absolute atomic E-state index is 0.507. The number of hydrogen-bond donors (Lipinski definition) is 0. The van der Waals surface area contributed by atoms with Crippen molar-refractivity contribution in [1.82, 2.24) is 0 Å². The first kappa shape index (κ1) is 8.08. The van der Waals surface area contributed by atoms with Gasteiger partial charge in [-0.25, -0.2) is 0 Å². The van der Waals surface area contributed by atoms with E-state index in [0.717, 1.165) is 23.7 Å². The molecule has 0 heteroatoms. The van der Waals surface area contributed by atoms with Gasteiger partial charge in [-0.2, -0.15) is 0 Å². The summed E-state index contributed by atoms with van der Waals surface area (Å²) in [7, 11) is 0. The zero-order valence-corrected chi connectivity index (χ0v) is 8.63. The zero-order chi connectivity index (χ0) is 9.05. The lowest BCUT2D eigenvalue weighted by molar-refractivity contribution is -0.0706. The highest BCUT2D eigenvalue weighted by Gasteiger charge is 2.53. The van der Waals surface area contributed by atoms with Crippen LogP contribution in [-0.2, 0) is 0 Å². The summed E-state index contributed by atoms with van der Waals surface area (Å²) in [5, 5.41) is 0. The molecule has 4 aliphatic rings. The maximum Gasteiger partial charge on any atom is -0.00923 e. The SMILES string of the molecule is C=CC1(C)C2CC3CC(C2)CC1C3. The van der Waals surface area contributed by atoms with E-state index in [1.54, 1.807) is 6.42 Å². The third kappa shape index (κ3) is 0.923. The summed E-state index contributed by atoms with van der Waals surface area (Å²) in [4.78, 5) is 0. The zero-order valence-electron chi connectivity index (χ0n) is 8.63. The molecular formula is C13H20. The van der Waals surface area contributed by atoms with Crippen LogP contribution in [0.15, 0.2) is 12.7 Å². The maximum absolute atomic E-state index is 4.08. The van der Waals surface area contributed by atoms with Gasteiger partial charge in [0.2, 0.25) is 0 Å². The van der Waals surface area contributed by atoms with E-state index in [1.165, 1.54) is 25.7 Å². The van der Waals surface area contributed by atoms with Crippen LogP contribution >= 0.6 is 0 Å². The van der Waals surface area contributed by atoms with Crippen molar-refractivity contribution in [1.29, 1.82) is 0 Å². The fraction of sp³-hybridized carbons (Fsp3) is 0.846. The molecule has 4 rings (SSSR count). The molecule has 0 heterocycles. The average molecular weight is 176 g/mol. The molecule has 0 spiro atoms. The van der Waals surface area contributed by atoms with Crippen molar-refractivity contribution in [3.8, 4) is 0 Å². The number of rotatable bonds is 1. The summed E-state index contributed by atoms with van der Waals surface area (Å²) in [6, 6.07) is 0. The Morgan fingerprint density at radius 1 is 1.00 bits per heavy atom. The monoisotopic (exact) mass is 176 g/mol. The molecule has 0 aromatic carbocycles. The second kappa shape index (κ2) is 2.40. The molecule has 0 amide bonds. The summed E-state index contributed by atoms with van der Waals surface area (Å²) in [6.07, 6.45) is 9.87. The predicted molar refractivity (Wildman–Crippen MR) is 55.3 cm³/mol. The van der Waals surface area contributed by atoms with Crippen molar-refractivity contribution in [3.05, 3.63) is 12.7 Å². The van der Waals surface area contributed by atoms with E-state index >= 15 is 0 Å². The molecule has 0 N–H and O–H groups in total. The maximum atomic E-state index is 4.08. The Morgan fingerprint density at radius 2 is 1.46 bits per heavy atom. The number of hydrogen-bond acceptors (Lipinski definition) is 0. The van der Waals surface area contributed by atoms with Crippen molar-refractivity contribution in [3.63, 3.8) is 0 Å². The highest BCUT2D eigenvalue weighted by Crippen LogP contribution is 2.62. The lowest BCUT2D eigenvalue weighted by atomic mass is 9.46. The summed E-state index contributed by atoms with van der Waals surface area (Å²) in [5.41, 5.74) is 0.507. The Hall–Kier alpha value is -0.260. The average Bonchev–Trinajstić information content (AvgIpc) is 2.13. The van der Waals surface area contributed by atoms with Crippen molar-refractivity contribution < 1.29 is 0 Å². The van der Waals surface area contributed by atoms with E-state index in [2.05, 4.69) is 19.6 Å². The summed E-state index contributed by atoms with van der Waals surface area (Å²) in [5.74, 6) is 4.16. The van der Waals surface area contributed by atoms with E-state index in [9.17, 15) is 0 Å². The molecule has 72 valence electrons. The number of allylic oxidation sites excluding steroid dienone is 1. The van der Waals surface area contributed by atoms with E-state index in [0.29, 0.717) is 5.41 Å². The fourth-order valence-electron chi connectivity index (χ4n) is 4.53. The van der Waals surface area contributed by atoms with Gasteiger partial charge in [-0.15, -0.1) is 6.58 Å². The van der Waals surface area contributed by atoms with Crippen LogP contribution in [0.4, 0.5) is 0 Å². The van der Waals surface area contributed by atoms with Crippen molar-refractivity contribution >= 4 is 0 Å². The third-order valence-corrected chi connectivity index (χ3v) is 5.34. The lowest BCUT2D eigenvalue weighted by Gasteiger charge is -2.59. The smallest absolute Gasteiger partial charge is 0.00923 e. The third-order valence-electron chi connectivity index (χ3n) is 5.34. The van der Waals surface area contributed by atoms with Gasteiger partial charge in [0.05, 0.1) is 0 Å². The molecule has 4 saturated carbocycles. The first-order valence-corrected chi connectivity index (χ1v) is 5.86. The lowest BCUT2D eigenvalue weighted by Crippen LogP contribution is -2.50. The van der Waals surface area contributed by atoms with Crippen LogP contribution in [0.3, 0.4) is 0 Å². The fourth-order valence-corrected chi connectivity index (χ4v) is 4.53. The van der Waals surface area contributed by atoms with Crippen LogP contribution in [0, 0.1) is 29.1 Å². The van der Waals surface area contributed by atoms with E-state index in [-0.39, 0.29) is 0 Å². The Kier molecular flexibility index (Phi) is 1.49. The highest BCUT2D eigenvalue weighted by molar-refractivity contribution is 5.10. The Morgan fingerprint density at radius 3 is 1.85 bits per heavy atom. The minimum atomic E-state index is 0.507. The van der Waals surface area contributed by atoms with Gasteiger partial charge in [0.15, 0.2) is 0 Å². The summed E-state index contributed by atoms with van der Waals surface area (Å²) >= 11 is 0. The molecular weight excluding hydrogens is 156 g/mol. The second-order valence-corrected chi connectivity index (χ2v) is 5.87.